The van der Waals surface area contributed by atoms with Crippen LogP contribution >= 0.6 is 15.9 Å². The lowest BCUT2D eigenvalue weighted by molar-refractivity contribution is -0.147. The van der Waals surface area contributed by atoms with Gasteiger partial charge in [0.05, 0.1) is 13.2 Å². The van der Waals surface area contributed by atoms with E-state index >= 15 is 0 Å². The maximum Gasteiger partial charge on any atom is 0.165 e. The van der Waals surface area contributed by atoms with Crippen molar-refractivity contribution >= 4 is 15.9 Å². The van der Waals surface area contributed by atoms with Crippen LogP contribution < -0.4 is 0 Å². The first-order chi connectivity index (χ1) is 6.77. The van der Waals surface area contributed by atoms with E-state index in [1.807, 2.05) is 0 Å². The van der Waals surface area contributed by atoms with Crippen molar-refractivity contribution in [2.45, 2.75) is 51.2 Å². The number of rotatable bonds is 7. The molecular formula is C11H21BrO2. The van der Waals surface area contributed by atoms with Crippen LogP contribution in [0.4, 0.5) is 0 Å². The monoisotopic (exact) mass is 264 g/mol. The van der Waals surface area contributed by atoms with Gasteiger partial charge in [-0.3, -0.25) is 0 Å². The van der Waals surface area contributed by atoms with Crippen LogP contribution in [-0.2, 0) is 9.47 Å². The first-order valence-corrected chi connectivity index (χ1v) is 6.73. The first kappa shape index (κ1) is 12.5. The van der Waals surface area contributed by atoms with Gasteiger partial charge in [0.2, 0.25) is 0 Å². The highest BCUT2D eigenvalue weighted by Gasteiger charge is 2.29. The molecule has 84 valence electrons. The number of halogens is 1. The van der Waals surface area contributed by atoms with Gasteiger partial charge in [-0.2, -0.15) is 0 Å². The fourth-order valence-corrected chi connectivity index (χ4v) is 2.17. The molecular weight excluding hydrogens is 244 g/mol. The van der Waals surface area contributed by atoms with Gasteiger partial charge in [0.15, 0.2) is 5.79 Å². The van der Waals surface area contributed by atoms with Crippen molar-refractivity contribution in [3.63, 3.8) is 0 Å². The Hall–Kier alpha value is 0.400. The Morgan fingerprint density at radius 3 is 2.21 bits per heavy atom. The molecule has 1 aliphatic heterocycles. The van der Waals surface area contributed by atoms with E-state index < -0.39 is 0 Å². The highest BCUT2D eigenvalue weighted by Crippen LogP contribution is 2.25. The van der Waals surface area contributed by atoms with Gasteiger partial charge in [-0.05, 0) is 19.8 Å². The van der Waals surface area contributed by atoms with Gasteiger partial charge >= 0.3 is 0 Å². The smallest absolute Gasteiger partial charge is 0.165 e. The summed E-state index contributed by atoms with van der Waals surface area (Å²) in [4.78, 5) is 0. The van der Waals surface area contributed by atoms with Gasteiger partial charge in [-0.15, -0.1) is 0 Å². The SMILES string of the molecule is CC1(CCCCCCCBr)OCCO1. The first-order valence-electron chi connectivity index (χ1n) is 5.61. The predicted octanol–water partition coefficient (Wildman–Crippen LogP) is 3.48. The molecule has 0 unspecified atom stereocenters. The standard InChI is InChI=1S/C11H21BrO2/c1-11(13-9-10-14-11)7-5-3-2-4-6-8-12/h2-10H2,1H3. The summed E-state index contributed by atoms with van der Waals surface area (Å²) in [5.74, 6) is -0.268. The Kier molecular flexibility index (Phi) is 6.06. The van der Waals surface area contributed by atoms with Gasteiger partial charge in [-0.1, -0.05) is 35.2 Å². The molecule has 2 nitrogen and oxygen atoms in total. The summed E-state index contributed by atoms with van der Waals surface area (Å²) in [6.45, 7) is 3.58. The van der Waals surface area contributed by atoms with E-state index in [2.05, 4.69) is 22.9 Å². The Balaban J connectivity index is 1.92. The molecule has 0 amide bonds. The van der Waals surface area contributed by atoms with Gasteiger partial charge in [0.1, 0.15) is 0 Å². The fraction of sp³-hybridized carbons (Fsp3) is 1.00. The Bertz CT molecular complexity index is 144. The normalized spacial score (nSPS) is 20.1. The van der Waals surface area contributed by atoms with Gasteiger partial charge < -0.3 is 9.47 Å². The highest BCUT2D eigenvalue weighted by molar-refractivity contribution is 9.09. The van der Waals surface area contributed by atoms with Gasteiger partial charge in [-0.25, -0.2) is 0 Å². The summed E-state index contributed by atoms with van der Waals surface area (Å²) >= 11 is 3.44. The molecule has 3 heteroatoms. The van der Waals surface area contributed by atoms with Crippen LogP contribution in [0.2, 0.25) is 0 Å². The van der Waals surface area contributed by atoms with E-state index in [0.717, 1.165) is 25.0 Å². The molecule has 0 aromatic carbocycles. The molecule has 1 fully saturated rings. The number of hydrogen-bond donors (Lipinski definition) is 0. The minimum atomic E-state index is -0.268. The predicted molar refractivity (Wildman–Crippen MR) is 61.8 cm³/mol. The molecule has 0 aromatic heterocycles. The van der Waals surface area contributed by atoms with Crippen molar-refractivity contribution in [1.82, 2.24) is 0 Å². The average molecular weight is 265 g/mol. The lowest BCUT2D eigenvalue weighted by atomic mass is 10.1. The number of alkyl halides is 1. The van der Waals surface area contributed by atoms with Crippen LogP contribution in [0.15, 0.2) is 0 Å². The summed E-state index contributed by atoms with van der Waals surface area (Å²) < 4.78 is 11.1. The fourth-order valence-electron chi connectivity index (χ4n) is 1.77. The minimum absolute atomic E-state index is 0.268. The van der Waals surface area contributed by atoms with Crippen LogP contribution in [-0.4, -0.2) is 24.3 Å². The zero-order valence-corrected chi connectivity index (χ0v) is 10.6. The molecule has 1 aliphatic rings. The van der Waals surface area contributed by atoms with Crippen molar-refractivity contribution in [1.29, 1.82) is 0 Å². The molecule has 0 N–H and O–H groups in total. The molecule has 0 saturated carbocycles. The lowest BCUT2D eigenvalue weighted by Gasteiger charge is -2.21. The second-order valence-corrected chi connectivity index (χ2v) is 4.83. The third kappa shape index (κ3) is 4.76. The summed E-state index contributed by atoms with van der Waals surface area (Å²) in [6.07, 6.45) is 7.53. The average Bonchev–Trinajstić information content (AvgIpc) is 2.59. The van der Waals surface area contributed by atoms with E-state index in [0.29, 0.717) is 0 Å². The number of unbranched alkanes of at least 4 members (excludes halogenated alkanes) is 4. The van der Waals surface area contributed by atoms with Crippen LogP contribution in [0.25, 0.3) is 0 Å². The third-order valence-corrected chi connectivity index (χ3v) is 3.22. The molecule has 0 aromatic rings. The van der Waals surface area contributed by atoms with Crippen LogP contribution in [0.1, 0.15) is 45.4 Å². The van der Waals surface area contributed by atoms with Crippen molar-refractivity contribution in [3.05, 3.63) is 0 Å². The van der Waals surface area contributed by atoms with Crippen molar-refractivity contribution in [2.24, 2.45) is 0 Å². The summed E-state index contributed by atoms with van der Waals surface area (Å²) in [7, 11) is 0. The lowest BCUT2D eigenvalue weighted by Crippen LogP contribution is -2.24. The second kappa shape index (κ2) is 6.81. The van der Waals surface area contributed by atoms with Crippen molar-refractivity contribution in [2.75, 3.05) is 18.5 Å². The summed E-state index contributed by atoms with van der Waals surface area (Å²) in [5, 5.41) is 1.14. The molecule has 1 heterocycles. The molecule has 0 bridgehead atoms. The van der Waals surface area contributed by atoms with E-state index in [4.69, 9.17) is 9.47 Å². The van der Waals surface area contributed by atoms with Crippen LogP contribution in [0, 0.1) is 0 Å². The van der Waals surface area contributed by atoms with Gasteiger partial charge in [0.25, 0.3) is 0 Å². The van der Waals surface area contributed by atoms with E-state index in [1.54, 1.807) is 0 Å². The molecule has 0 atom stereocenters. The molecule has 0 radical (unpaired) electrons. The topological polar surface area (TPSA) is 18.5 Å². The van der Waals surface area contributed by atoms with Crippen LogP contribution in [0.5, 0.6) is 0 Å². The maximum absolute atomic E-state index is 5.54. The zero-order valence-electron chi connectivity index (χ0n) is 9.06. The molecule has 1 rings (SSSR count). The van der Waals surface area contributed by atoms with E-state index in [-0.39, 0.29) is 5.79 Å². The van der Waals surface area contributed by atoms with Crippen molar-refractivity contribution in [3.8, 4) is 0 Å². The summed E-state index contributed by atoms with van der Waals surface area (Å²) in [6, 6.07) is 0. The third-order valence-electron chi connectivity index (χ3n) is 2.66. The highest BCUT2D eigenvalue weighted by atomic mass is 79.9. The largest absolute Gasteiger partial charge is 0.348 e. The maximum atomic E-state index is 5.54. The van der Waals surface area contributed by atoms with Gasteiger partial charge in [0, 0.05) is 11.8 Å². The van der Waals surface area contributed by atoms with E-state index in [1.165, 1.54) is 32.1 Å². The number of ether oxygens (including phenoxy) is 2. The molecule has 0 spiro atoms. The van der Waals surface area contributed by atoms with Crippen molar-refractivity contribution < 1.29 is 9.47 Å². The quantitative estimate of drug-likeness (QED) is 0.518. The molecule has 14 heavy (non-hydrogen) atoms. The second-order valence-electron chi connectivity index (χ2n) is 4.04. The molecule has 0 aliphatic carbocycles. The number of hydrogen-bond acceptors (Lipinski definition) is 2. The Morgan fingerprint density at radius 2 is 1.57 bits per heavy atom. The Morgan fingerprint density at radius 1 is 1.00 bits per heavy atom. The molecule has 1 saturated heterocycles. The Labute approximate surface area is 95.5 Å². The summed E-state index contributed by atoms with van der Waals surface area (Å²) in [5.41, 5.74) is 0. The zero-order chi connectivity index (χ0) is 10.3. The van der Waals surface area contributed by atoms with E-state index in [9.17, 15) is 0 Å². The minimum Gasteiger partial charge on any atom is -0.348 e. The van der Waals surface area contributed by atoms with Crippen LogP contribution in [0.3, 0.4) is 0 Å².